The molecule has 1 fully saturated rings. The molecule has 2 rings (SSSR count). The Labute approximate surface area is 88.8 Å². The lowest BCUT2D eigenvalue weighted by Gasteiger charge is -2.09. The van der Waals surface area contributed by atoms with Gasteiger partial charge in [0.1, 0.15) is 6.26 Å². The minimum absolute atomic E-state index is 0.0655. The Kier molecular flexibility index (Phi) is 3.06. The van der Waals surface area contributed by atoms with Crippen molar-refractivity contribution in [2.75, 3.05) is 6.54 Å². The fourth-order valence-corrected chi connectivity index (χ4v) is 2.03. The maximum absolute atomic E-state index is 11.5. The Bertz CT molecular complexity index is 321. The molecule has 1 aliphatic carbocycles. The Balaban J connectivity index is 1.76. The van der Waals surface area contributed by atoms with Crippen molar-refractivity contribution in [1.82, 2.24) is 5.32 Å². The third-order valence-corrected chi connectivity index (χ3v) is 2.92. The molecule has 1 aliphatic rings. The largest absolute Gasteiger partial charge is 0.472 e. The van der Waals surface area contributed by atoms with Crippen LogP contribution in [0.3, 0.4) is 0 Å². The van der Waals surface area contributed by atoms with Gasteiger partial charge < -0.3 is 15.5 Å². The van der Waals surface area contributed by atoms with Crippen LogP contribution in [0.4, 0.5) is 0 Å². The van der Waals surface area contributed by atoms with Gasteiger partial charge in [-0.25, -0.2) is 0 Å². The average molecular weight is 208 g/mol. The van der Waals surface area contributed by atoms with Crippen LogP contribution >= 0.6 is 0 Å². The highest BCUT2D eigenvalue weighted by Crippen LogP contribution is 2.23. The number of hydrogen-bond donors (Lipinski definition) is 2. The zero-order valence-corrected chi connectivity index (χ0v) is 8.61. The molecule has 3 N–H and O–H groups in total. The Morgan fingerprint density at radius 1 is 1.60 bits per heavy atom. The van der Waals surface area contributed by atoms with Gasteiger partial charge in [0.15, 0.2) is 0 Å². The van der Waals surface area contributed by atoms with Crippen molar-refractivity contribution in [3.8, 4) is 0 Å². The monoisotopic (exact) mass is 208 g/mol. The van der Waals surface area contributed by atoms with Gasteiger partial charge in [-0.3, -0.25) is 4.79 Å². The van der Waals surface area contributed by atoms with E-state index in [1.165, 1.54) is 12.5 Å². The van der Waals surface area contributed by atoms with Gasteiger partial charge in [0, 0.05) is 12.6 Å². The number of furan rings is 1. The van der Waals surface area contributed by atoms with Crippen LogP contribution < -0.4 is 11.1 Å². The van der Waals surface area contributed by atoms with E-state index >= 15 is 0 Å². The minimum atomic E-state index is -0.0655. The second-order valence-electron chi connectivity index (χ2n) is 4.16. The number of carbonyl (C=O) groups is 1. The van der Waals surface area contributed by atoms with Crippen LogP contribution in [0.15, 0.2) is 23.0 Å². The molecular weight excluding hydrogens is 192 g/mol. The fraction of sp³-hybridized carbons (Fsp3) is 0.545. The lowest BCUT2D eigenvalue weighted by molar-refractivity contribution is 0.0946. The standard InChI is InChI=1S/C11H16N2O2/c12-10-2-1-8(5-10)6-13-11(14)9-3-4-15-7-9/h3-4,7-8,10H,1-2,5-6,12H2,(H,13,14). The fourth-order valence-electron chi connectivity index (χ4n) is 2.03. The van der Waals surface area contributed by atoms with Crippen molar-refractivity contribution in [3.05, 3.63) is 24.2 Å². The number of nitrogens with one attached hydrogen (secondary N) is 1. The van der Waals surface area contributed by atoms with Crippen molar-refractivity contribution in [3.63, 3.8) is 0 Å². The highest BCUT2D eigenvalue weighted by atomic mass is 16.3. The molecule has 0 aliphatic heterocycles. The third-order valence-electron chi connectivity index (χ3n) is 2.92. The molecule has 2 unspecified atom stereocenters. The van der Waals surface area contributed by atoms with Crippen molar-refractivity contribution in [2.45, 2.75) is 25.3 Å². The Morgan fingerprint density at radius 3 is 3.07 bits per heavy atom. The van der Waals surface area contributed by atoms with E-state index in [1.54, 1.807) is 6.07 Å². The van der Waals surface area contributed by atoms with Crippen LogP contribution in [0.5, 0.6) is 0 Å². The summed E-state index contributed by atoms with van der Waals surface area (Å²) in [6.45, 7) is 0.720. The van der Waals surface area contributed by atoms with Crippen LogP contribution in [0.1, 0.15) is 29.6 Å². The molecule has 82 valence electrons. The van der Waals surface area contributed by atoms with E-state index in [2.05, 4.69) is 5.32 Å². The summed E-state index contributed by atoms with van der Waals surface area (Å²) in [5.74, 6) is 0.472. The summed E-state index contributed by atoms with van der Waals surface area (Å²) in [5.41, 5.74) is 6.38. The first-order chi connectivity index (χ1) is 7.25. The highest BCUT2D eigenvalue weighted by Gasteiger charge is 2.22. The molecule has 1 heterocycles. The smallest absolute Gasteiger partial charge is 0.254 e. The zero-order valence-electron chi connectivity index (χ0n) is 8.61. The first kappa shape index (κ1) is 10.2. The number of hydrogen-bond acceptors (Lipinski definition) is 3. The van der Waals surface area contributed by atoms with Gasteiger partial charge >= 0.3 is 0 Å². The normalized spacial score (nSPS) is 25.4. The first-order valence-electron chi connectivity index (χ1n) is 5.31. The van der Waals surface area contributed by atoms with E-state index in [0.29, 0.717) is 17.5 Å². The van der Waals surface area contributed by atoms with Gasteiger partial charge in [0.05, 0.1) is 11.8 Å². The molecule has 0 aromatic carbocycles. The van der Waals surface area contributed by atoms with Gasteiger partial charge in [-0.05, 0) is 31.2 Å². The summed E-state index contributed by atoms with van der Waals surface area (Å²) in [5, 5.41) is 2.89. The number of amides is 1. The third kappa shape index (κ3) is 2.59. The zero-order chi connectivity index (χ0) is 10.7. The molecule has 4 heteroatoms. The van der Waals surface area contributed by atoms with Crippen molar-refractivity contribution >= 4 is 5.91 Å². The molecule has 1 saturated carbocycles. The molecule has 0 saturated heterocycles. The predicted octanol–water partition coefficient (Wildman–Crippen LogP) is 1.14. The van der Waals surface area contributed by atoms with Gasteiger partial charge in [-0.15, -0.1) is 0 Å². The first-order valence-corrected chi connectivity index (χ1v) is 5.31. The summed E-state index contributed by atoms with van der Waals surface area (Å²) >= 11 is 0. The average Bonchev–Trinajstić information content (AvgIpc) is 2.84. The SMILES string of the molecule is NC1CCC(CNC(=O)c2ccoc2)C1. The summed E-state index contributed by atoms with van der Waals surface area (Å²) in [4.78, 5) is 11.5. The molecule has 0 radical (unpaired) electrons. The van der Waals surface area contributed by atoms with E-state index < -0.39 is 0 Å². The van der Waals surface area contributed by atoms with Crippen LogP contribution in [-0.4, -0.2) is 18.5 Å². The van der Waals surface area contributed by atoms with Gasteiger partial charge in [-0.2, -0.15) is 0 Å². The Hall–Kier alpha value is -1.29. The summed E-state index contributed by atoms with van der Waals surface area (Å²) in [6, 6.07) is 1.98. The van der Waals surface area contributed by atoms with Crippen molar-refractivity contribution in [2.24, 2.45) is 11.7 Å². The number of carbonyl (C=O) groups excluding carboxylic acids is 1. The molecule has 1 aromatic heterocycles. The summed E-state index contributed by atoms with van der Waals surface area (Å²) in [7, 11) is 0. The van der Waals surface area contributed by atoms with Gasteiger partial charge in [0.2, 0.25) is 0 Å². The van der Waals surface area contributed by atoms with Crippen LogP contribution in [-0.2, 0) is 0 Å². The predicted molar refractivity (Wildman–Crippen MR) is 56.4 cm³/mol. The summed E-state index contributed by atoms with van der Waals surface area (Å²) in [6.07, 6.45) is 6.17. The number of nitrogens with two attached hydrogens (primary N) is 1. The lowest BCUT2D eigenvalue weighted by Crippen LogP contribution is -2.28. The second-order valence-corrected chi connectivity index (χ2v) is 4.16. The van der Waals surface area contributed by atoms with Gasteiger partial charge in [-0.1, -0.05) is 0 Å². The molecule has 0 spiro atoms. The quantitative estimate of drug-likeness (QED) is 0.782. The van der Waals surface area contributed by atoms with Crippen molar-refractivity contribution < 1.29 is 9.21 Å². The van der Waals surface area contributed by atoms with E-state index in [4.69, 9.17) is 10.2 Å². The lowest BCUT2D eigenvalue weighted by atomic mass is 10.1. The summed E-state index contributed by atoms with van der Waals surface area (Å²) < 4.78 is 4.84. The molecule has 2 atom stereocenters. The molecule has 15 heavy (non-hydrogen) atoms. The van der Waals surface area contributed by atoms with E-state index in [-0.39, 0.29) is 5.91 Å². The van der Waals surface area contributed by atoms with E-state index in [1.807, 2.05) is 0 Å². The maximum Gasteiger partial charge on any atom is 0.254 e. The maximum atomic E-state index is 11.5. The van der Waals surface area contributed by atoms with Crippen LogP contribution in [0.25, 0.3) is 0 Å². The molecule has 1 amide bonds. The molecule has 4 nitrogen and oxygen atoms in total. The molecular formula is C11H16N2O2. The number of rotatable bonds is 3. The topological polar surface area (TPSA) is 68.3 Å². The second kappa shape index (κ2) is 4.49. The van der Waals surface area contributed by atoms with E-state index in [9.17, 15) is 4.79 Å². The molecule has 1 aromatic rings. The Morgan fingerprint density at radius 2 is 2.47 bits per heavy atom. The minimum Gasteiger partial charge on any atom is -0.472 e. The van der Waals surface area contributed by atoms with Crippen molar-refractivity contribution in [1.29, 1.82) is 0 Å². The van der Waals surface area contributed by atoms with Crippen LogP contribution in [0.2, 0.25) is 0 Å². The van der Waals surface area contributed by atoms with Crippen LogP contribution in [0, 0.1) is 5.92 Å². The molecule has 0 bridgehead atoms. The van der Waals surface area contributed by atoms with E-state index in [0.717, 1.165) is 25.8 Å². The highest BCUT2D eigenvalue weighted by molar-refractivity contribution is 5.93. The van der Waals surface area contributed by atoms with Gasteiger partial charge in [0.25, 0.3) is 5.91 Å².